The number of hydrogen-bond donors (Lipinski definition) is 2. The Labute approximate surface area is 234 Å². The number of benzene rings is 1. The zero-order chi connectivity index (χ0) is 23.9. The maximum Gasteiger partial charge on any atom is 1.00 e. The molecule has 3 aliphatic rings. The number of carboxylic acids is 1. The van der Waals surface area contributed by atoms with Gasteiger partial charge in [-0.15, -0.1) is 12.4 Å². The van der Waals surface area contributed by atoms with Gasteiger partial charge in [0.15, 0.2) is 0 Å². The molecule has 1 saturated heterocycles. The van der Waals surface area contributed by atoms with Crippen molar-refractivity contribution in [3.8, 4) is 0 Å². The second kappa shape index (κ2) is 11.9. The average molecular weight is 505 g/mol. The smallest absolute Gasteiger partial charge is 0.477 e. The fourth-order valence-electron chi connectivity index (χ4n) is 6.28. The number of hydrogen-bond acceptors (Lipinski definition) is 4. The van der Waals surface area contributed by atoms with Crippen LogP contribution in [0.15, 0.2) is 18.2 Å². The van der Waals surface area contributed by atoms with Gasteiger partial charge in [-0.1, -0.05) is 52.3 Å². The second-order valence-corrected chi connectivity index (χ2v) is 11.2. The van der Waals surface area contributed by atoms with E-state index in [-0.39, 0.29) is 54.2 Å². The number of carboxylic acid groups (broad SMARTS) is 1. The Bertz CT molecular complexity index is 840. The Kier molecular flexibility index (Phi) is 11.2. The van der Waals surface area contributed by atoms with Crippen molar-refractivity contribution in [3.63, 3.8) is 0 Å². The number of halogens is 1. The van der Waals surface area contributed by atoms with Crippen LogP contribution < -0.4 is 35.3 Å². The number of nitrogens with two attached hydrogens (primary N) is 1. The van der Waals surface area contributed by atoms with Crippen LogP contribution in [0.4, 0.5) is 0 Å². The van der Waals surface area contributed by atoms with Crippen LogP contribution in [0.5, 0.6) is 0 Å². The molecule has 2 aliphatic carbocycles. The summed E-state index contributed by atoms with van der Waals surface area (Å²) < 4.78 is 10.2. The first kappa shape index (κ1) is 31.9. The van der Waals surface area contributed by atoms with Gasteiger partial charge in [-0.3, -0.25) is 0 Å². The number of aryl methyl sites for hydroxylation is 1. The SMILES string of the molecule is CC(C)c1ccc2c(c1)CCC1C(C)(CN)CCCC21C.CC1OC(C)(C(=O)O)OC1C.Cl.[Na+]. The fraction of sp³-hybridized carbons (Fsp3) is 0.741. The first-order chi connectivity index (χ1) is 14.9. The van der Waals surface area contributed by atoms with E-state index in [1.54, 1.807) is 25.0 Å². The van der Waals surface area contributed by atoms with Crippen molar-refractivity contribution in [2.24, 2.45) is 17.1 Å². The van der Waals surface area contributed by atoms with Crippen LogP contribution in [0.2, 0.25) is 0 Å². The molecule has 2 fully saturated rings. The maximum atomic E-state index is 10.6. The Morgan fingerprint density at radius 1 is 1.15 bits per heavy atom. The predicted octanol–water partition coefficient (Wildman–Crippen LogP) is 2.82. The Morgan fingerprint density at radius 3 is 2.21 bits per heavy atom. The molecule has 1 saturated carbocycles. The summed E-state index contributed by atoms with van der Waals surface area (Å²) in [6, 6.07) is 7.29. The fourth-order valence-corrected chi connectivity index (χ4v) is 6.28. The molecule has 0 amide bonds. The number of rotatable bonds is 3. The third-order valence-corrected chi connectivity index (χ3v) is 8.51. The summed E-state index contributed by atoms with van der Waals surface area (Å²) in [5.41, 5.74) is 11.6. The van der Waals surface area contributed by atoms with Crippen molar-refractivity contribution < 1.29 is 48.9 Å². The number of ether oxygens (including phenoxy) is 2. The van der Waals surface area contributed by atoms with Crippen LogP contribution in [0.25, 0.3) is 0 Å². The largest absolute Gasteiger partial charge is 1.00 e. The van der Waals surface area contributed by atoms with Crippen LogP contribution in [-0.2, 0) is 26.1 Å². The minimum Gasteiger partial charge on any atom is -0.477 e. The van der Waals surface area contributed by atoms with E-state index in [9.17, 15) is 4.79 Å². The maximum absolute atomic E-state index is 10.6. The van der Waals surface area contributed by atoms with Gasteiger partial charge in [-0.25, -0.2) is 4.79 Å². The minimum atomic E-state index is -1.45. The Balaban J connectivity index is 0.000000382. The molecule has 5 unspecified atom stereocenters. The molecular weight excluding hydrogens is 461 g/mol. The van der Waals surface area contributed by atoms with Crippen LogP contribution in [0.1, 0.15) is 96.8 Å². The molecule has 1 aliphatic heterocycles. The first-order valence-electron chi connectivity index (χ1n) is 12.3. The van der Waals surface area contributed by atoms with Crippen LogP contribution in [-0.4, -0.2) is 35.6 Å². The normalized spacial score (nSPS) is 36.2. The van der Waals surface area contributed by atoms with Gasteiger partial charge < -0.3 is 20.3 Å². The van der Waals surface area contributed by atoms with Crippen molar-refractivity contribution in [2.75, 3.05) is 6.54 Å². The van der Waals surface area contributed by atoms with E-state index in [1.165, 1.54) is 44.6 Å². The van der Waals surface area contributed by atoms with E-state index < -0.39 is 11.8 Å². The van der Waals surface area contributed by atoms with Gasteiger partial charge in [-0.05, 0) is 85.4 Å². The third kappa shape index (κ3) is 6.04. The molecule has 188 valence electrons. The molecule has 1 aromatic carbocycles. The molecular formula is C27H44ClNNaO4+. The van der Waals surface area contributed by atoms with E-state index in [1.807, 2.05) is 0 Å². The van der Waals surface area contributed by atoms with E-state index in [0.717, 1.165) is 12.5 Å². The summed E-state index contributed by atoms with van der Waals surface area (Å²) in [5.74, 6) is -1.14. The summed E-state index contributed by atoms with van der Waals surface area (Å²) in [5, 5.41) is 8.66. The van der Waals surface area contributed by atoms with Gasteiger partial charge >= 0.3 is 35.5 Å². The Hall–Kier alpha value is -0.140. The minimum absolute atomic E-state index is 0. The average Bonchev–Trinajstić information content (AvgIpc) is 3.01. The van der Waals surface area contributed by atoms with Crippen molar-refractivity contribution >= 4 is 18.4 Å². The van der Waals surface area contributed by atoms with Gasteiger partial charge in [0.05, 0.1) is 12.2 Å². The summed E-state index contributed by atoms with van der Waals surface area (Å²) in [6.45, 7) is 15.4. The molecule has 3 N–H and O–H groups in total. The Morgan fingerprint density at radius 2 is 1.74 bits per heavy atom. The summed E-state index contributed by atoms with van der Waals surface area (Å²) in [4.78, 5) is 10.6. The van der Waals surface area contributed by atoms with Crippen LogP contribution in [0, 0.1) is 11.3 Å². The molecule has 1 heterocycles. The molecule has 0 aromatic heterocycles. The summed E-state index contributed by atoms with van der Waals surface area (Å²) in [6.07, 6.45) is 6.22. The van der Waals surface area contributed by atoms with Crippen molar-refractivity contribution in [1.29, 1.82) is 0 Å². The number of fused-ring (bicyclic) bond motifs is 3. The van der Waals surface area contributed by atoms with E-state index >= 15 is 0 Å². The molecule has 1 aromatic rings. The molecule has 34 heavy (non-hydrogen) atoms. The predicted molar refractivity (Wildman–Crippen MR) is 135 cm³/mol. The third-order valence-electron chi connectivity index (χ3n) is 8.51. The quantitative estimate of drug-likeness (QED) is 0.619. The molecule has 5 nitrogen and oxygen atoms in total. The molecule has 4 rings (SSSR count). The van der Waals surface area contributed by atoms with Gasteiger partial charge in [0.1, 0.15) is 0 Å². The molecule has 7 heteroatoms. The second-order valence-electron chi connectivity index (χ2n) is 11.2. The zero-order valence-electron chi connectivity index (χ0n) is 22.4. The molecule has 0 spiro atoms. The summed E-state index contributed by atoms with van der Waals surface area (Å²) >= 11 is 0. The first-order valence-corrected chi connectivity index (χ1v) is 12.3. The summed E-state index contributed by atoms with van der Waals surface area (Å²) in [7, 11) is 0. The monoisotopic (exact) mass is 504 g/mol. The molecule has 0 radical (unpaired) electrons. The van der Waals surface area contributed by atoms with E-state index in [4.69, 9.17) is 20.3 Å². The van der Waals surface area contributed by atoms with Gasteiger partial charge in [0, 0.05) is 6.92 Å². The topological polar surface area (TPSA) is 81.8 Å². The van der Waals surface area contributed by atoms with Crippen molar-refractivity contribution in [3.05, 3.63) is 34.9 Å². The van der Waals surface area contributed by atoms with Crippen molar-refractivity contribution in [1.82, 2.24) is 0 Å². The van der Waals surface area contributed by atoms with Gasteiger partial charge in [0.25, 0.3) is 5.79 Å². The van der Waals surface area contributed by atoms with E-state index in [0.29, 0.717) is 16.7 Å². The number of aliphatic carboxylic acids is 1. The van der Waals surface area contributed by atoms with Gasteiger partial charge in [-0.2, -0.15) is 0 Å². The standard InChI is InChI=1S/C20H31N.C7H12O4.ClH.Na/c1-14(2)15-6-8-17-16(12-15)7-9-18-19(3,13-21)10-5-11-20(17,18)4;1-4-5(2)11-7(3,10-4)6(8)9;;/h6,8,12,14,18H,5,7,9-11,13,21H2,1-4H3;4-5H,1-3H3,(H,8,9);1H;/q;;;+1. The molecule has 5 atom stereocenters. The zero-order valence-corrected chi connectivity index (χ0v) is 25.3. The van der Waals surface area contributed by atoms with E-state index in [2.05, 4.69) is 45.9 Å². The van der Waals surface area contributed by atoms with Gasteiger partial charge in [0.2, 0.25) is 0 Å². The number of carbonyl (C=O) groups is 1. The van der Waals surface area contributed by atoms with Crippen molar-refractivity contribution in [2.45, 2.75) is 110 Å². The molecule has 0 bridgehead atoms. The van der Waals surface area contributed by atoms with Crippen LogP contribution in [0.3, 0.4) is 0 Å². The van der Waals surface area contributed by atoms with Crippen LogP contribution >= 0.6 is 12.4 Å².